The van der Waals surface area contributed by atoms with Crippen LogP contribution in [0.2, 0.25) is 5.02 Å². The Kier molecular flexibility index (Phi) is 5.51. The average molecular weight is 323 g/mol. The number of carbonyl (C=O) groups excluding carboxylic acids is 1. The molecule has 2 N–H and O–H groups in total. The number of aryl methyl sites for hydroxylation is 1. The number of aliphatic hydroxyl groups excluding tert-OH is 1. The van der Waals surface area contributed by atoms with E-state index in [0.29, 0.717) is 29.4 Å². The molecule has 1 unspecified atom stereocenters. The minimum absolute atomic E-state index is 0.0728. The number of halogens is 1. The molecule has 118 valence electrons. The van der Waals surface area contributed by atoms with Crippen molar-refractivity contribution in [3.05, 3.63) is 40.9 Å². The van der Waals surface area contributed by atoms with Gasteiger partial charge in [-0.1, -0.05) is 37.6 Å². The minimum atomic E-state index is -0.401. The molecule has 7 heteroatoms. The Morgan fingerprint density at radius 1 is 1.41 bits per heavy atom. The average Bonchev–Trinajstić information content (AvgIpc) is 2.97. The van der Waals surface area contributed by atoms with E-state index in [2.05, 4.69) is 15.4 Å². The van der Waals surface area contributed by atoms with Crippen LogP contribution >= 0.6 is 11.6 Å². The van der Waals surface area contributed by atoms with Gasteiger partial charge in [-0.25, -0.2) is 9.67 Å². The lowest BCUT2D eigenvalue weighted by Gasteiger charge is -2.11. The maximum atomic E-state index is 12.2. The SMILES string of the molecule is CCc1nc(C(=O)NC(CC)CO)nn1-c1ccccc1Cl. The zero-order valence-corrected chi connectivity index (χ0v) is 13.3. The third-order valence-electron chi connectivity index (χ3n) is 3.32. The number of rotatable bonds is 6. The van der Waals surface area contributed by atoms with E-state index in [1.165, 1.54) is 0 Å². The van der Waals surface area contributed by atoms with Crippen molar-refractivity contribution in [2.24, 2.45) is 0 Å². The standard InChI is InChI=1S/C15H19ClN4O2/c1-3-10(9-21)17-15(22)14-18-13(4-2)20(19-14)12-8-6-5-7-11(12)16/h5-8,10,21H,3-4,9H2,1-2H3,(H,17,22). The van der Waals surface area contributed by atoms with Gasteiger partial charge in [0, 0.05) is 6.42 Å². The van der Waals surface area contributed by atoms with Crippen LogP contribution < -0.4 is 5.32 Å². The number of benzene rings is 1. The number of hydrogen-bond acceptors (Lipinski definition) is 4. The topological polar surface area (TPSA) is 80.0 Å². The first kappa shape index (κ1) is 16.5. The van der Waals surface area contributed by atoms with Crippen molar-refractivity contribution < 1.29 is 9.90 Å². The number of aromatic nitrogens is 3. The van der Waals surface area contributed by atoms with Crippen molar-refractivity contribution in [2.75, 3.05) is 6.61 Å². The summed E-state index contributed by atoms with van der Waals surface area (Å²) in [5.41, 5.74) is 0.682. The van der Waals surface area contributed by atoms with E-state index in [4.69, 9.17) is 16.7 Å². The molecule has 0 saturated carbocycles. The second-order valence-corrected chi connectivity index (χ2v) is 5.24. The molecule has 0 fully saturated rings. The highest BCUT2D eigenvalue weighted by molar-refractivity contribution is 6.32. The van der Waals surface area contributed by atoms with Gasteiger partial charge < -0.3 is 10.4 Å². The summed E-state index contributed by atoms with van der Waals surface area (Å²) in [6.07, 6.45) is 1.25. The van der Waals surface area contributed by atoms with E-state index in [-0.39, 0.29) is 18.5 Å². The van der Waals surface area contributed by atoms with Crippen molar-refractivity contribution in [1.82, 2.24) is 20.1 Å². The smallest absolute Gasteiger partial charge is 0.291 e. The van der Waals surface area contributed by atoms with Gasteiger partial charge in [0.15, 0.2) is 0 Å². The Balaban J connectivity index is 2.33. The van der Waals surface area contributed by atoms with Crippen LogP contribution in [0, 0.1) is 0 Å². The molecular weight excluding hydrogens is 304 g/mol. The Morgan fingerprint density at radius 2 is 2.14 bits per heavy atom. The lowest BCUT2D eigenvalue weighted by molar-refractivity contribution is 0.0904. The normalized spacial score (nSPS) is 12.2. The Labute approximate surface area is 134 Å². The molecule has 0 radical (unpaired) electrons. The van der Waals surface area contributed by atoms with Crippen molar-refractivity contribution in [2.45, 2.75) is 32.7 Å². The Morgan fingerprint density at radius 3 is 2.73 bits per heavy atom. The van der Waals surface area contributed by atoms with Crippen molar-refractivity contribution >= 4 is 17.5 Å². The van der Waals surface area contributed by atoms with Gasteiger partial charge in [-0.3, -0.25) is 4.79 Å². The maximum absolute atomic E-state index is 12.2. The predicted molar refractivity (Wildman–Crippen MR) is 84.4 cm³/mol. The van der Waals surface area contributed by atoms with Crippen molar-refractivity contribution in [1.29, 1.82) is 0 Å². The van der Waals surface area contributed by atoms with Gasteiger partial charge in [0.1, 0.15) is 5.82 Å². The highest BCUT2D eigenvalue weighted by Gasteiger charge is 2.19. The van der Waals surface area contributed by atoms with E-state index in [9.17, 15) is 4.79 Å². The van der Waals surface area contributed by atoms with Crippen LogP contribution in [0.15, 0.2) is 24.3 Å². The summed E-state index contributed by atoms with van der Waals surface area (Å²) < 4.78 is 1.58. The molecular formula is C15H19ClN4O2. The zero-order valence-electron chi connectivity index (χ0n) is 12.6. The molecule has 0 aliphatic heterocycles. The van der Waals surface area contributed by atoms with Crippen LogP contribution in [-0.2, 0) is 6.42 Å². The number of hydrogen-bond donors (Lipinski definition) is 2. The van der Waals surface area contributed by atoms with Crippen LogP contribution in [0.5, 0.6) is 0 Å². The summed E-state index contributed by atoms with van der Waals surface area (Å²) >= 11 is 6.18. The Bertz CT molecular complexity index is 653. The lowest BCUT2D eigenvalue weighted by Crippen LogP contribution is -2.37. The number of carbonyl (C=O) groups is 1. The van der Waals surface area contributed by atoms with E-state index in [1.54, 1.807) is 10.7 Å². The lowest BCUT2D eigenvalue weighted by atomic mass is 10.2. The fourth-order valence-electron chi connectivity index (χ4n) is 2.01. The van der Waals surface area contributed by atoms with Gasteiger partial charge >= 0.3 is 0 Å². The molecule has 2 aromatic rings. The van der Waals surface area contributed by atoms with Gasteiger partial charge in [-0.15, -0.1) is 5.10 Å². The third kappa shape index (κ3) is 3.45. The fraction of sp³-hybridized carbons (Fsp3) is 0.400. The van der Waals surface area contributed by atoms with E-state index >= 15 is 0 Å². The first-order chi connectivity index (χ1) is 10.6. The first-order valence-corrected chi connectivity index (χ1v) is 7.61. The summed E-state index contributed by atoms with van der Waals surface area (Å²) in [5, 5.41) is 16.7. The molecule has 0 spiro atoms. The van der Waals surface area contributed by atoms with E-state index in [0.717, 1.165) is 0 Å². The molecule has 2 rings (SSSR count). The molecule has 0 bridgehead atoms. The third-order valence-corrected chi connectivity index (χ3v) is 3.64. The molecule has 1 aromatic carbocycles. The highest BCUT2D eigenvalue weighted by Crippen LogP contribution is 2.20. The molecule has 0 saturated heterocycles. The molecule has 1 aromatic heterocycles. The minimum Gasteiger partial charge on any atom is -0.394 e. The summed E-state index contributed by atoms with van der Waals surface area (Å²) in [6.45, 7) is 3.70. The zero-order chi connectivity index (χ0) is 16.1. The monoisotopic (exact) mass is 322 g/mol. The summed E-state index contributed by atoms with van der Waals surface area (Å²) in [5.74, 6) is 0.320. The summed E-state index contributed by atoms with van der Waals surface area (Å²) in [7, 11) is 0. The quantitative estimate of drug-likeness (QED) is 0.852. The van der Waals surface area contributed by atoms with Gasteiger partial charge in [0.05, 0.1) is 23.4 Å². The predicted octanol–water partition coefficient (Wildman–Crippen LogP) is 1.98. The largest absolute Gasteiger partial charge is 0.394 e. The van der Waals surface area contributed by atoms with Gasteiger partial charge in [0.25, 0.3) is 5.91 Å². The van der Waals surface area contributed by atoms with Gasteiger partial charge in [-0.05, 0) is 18.6 Å². The molecule has 1 atom stereocenters. The number of amides is 1. The Hall–Kier alpha value is -1.92. The van der Waals surface area contributed by atoms with Crippen LogP contribution in [0.25, 0.3) is 5.69 Å². The van der Waals surface area contributed by atoms with Crippen LogP contribution in [-0.4, -0.2) is 38.4 Å². The summed E-state index contributed by atoms with van der Waals surface area (Å²) in [4.78, 5) is 16.4. The maximum Gasteiger partial charge on any atom is 0.291 e. The summed E-state index contributed by atoms with van der Waals surface area (Å²) in [6, 6.07) is 6.96. The van der Waals surface area contributed by atoms with Crippen molar-refractivity contribution in [3.8, 4) is 5.69 Å². The number of nitrogens with one attached hydrogen (secondary N) is 1. The molecule has 22 heavy (non-hydrogen) atoms. The fourth-order valence-corrected chi connectivity index (χ4v) is 2.23. The molecule has 1 heterocycles. The molecule has 6 nitrogen and oxygen atoms in total. The van der Waals surface area contributed by atoms with Crippen molar-refractivity contribution in [3.63, 3.8) is 0 Å². The number of para-hydroxylation sites is 1. The van der Waals surface area contributed by atoms with Gasteiger partial charge in [0.2, 0.25) is 5.82 Å². The van der Waals surface area contributed by atoms with Crippen LogP contribution in [0.4, 0.5) is 0 Å². The molecule has 0 aliphatic carbocycles. The number of nitrogens with zero attached hydrogens (tertiary/aromatic N) is 3. The van der Waals surface area contributed by atoms with Gasteiger partial charge in [-0.2, -0.15) is 0 Å². The molecule has 1 amide bonds. The second-order valence-electron chi connectivity index (χ2n) is 4.83. The van der Waals surface area contributed by atoms with E-state index in [1.807, 2.05) is 32.0 Å². The molecule has 0 aliphatic rings. The van der Waals surface area contributed by atoms with E-state index < -0.39 is 5.91 Å². The highest BCUT2D eigenvalue weighted by atomic mass is 35.5. The van der Waals surface area contributed by atoms with Crippen LogP contribution in [0.3, 0.4) is 0 Å². The second kappa shape index (κ2) is 7.38. The first-order valence-electron chi connectivity index (χ1n) is 7.23. The van der Waals surface area contributed by atoms with Crippen LogP contribution in [0.1, 0.15) is 36.7 Å². The number of aliphatic hydroxyl groups is 1.